The van der Waals surface area contributed by atoms with E-state index >= 15 is 0 Å². The number of para-hydroxylation sites is 1. The van der Waals surface area contributed by atoms with Crippen LogP contribution in [0.15, 0.2) is 71.3 Å². The van der Waals surface area contributed by atoms with Crippen LogP contribution in [0.2, 0.25) is 5.02 Å². The Hall–Kier alpha value is -3.49. The highest BCUT2D eigenvalue weighted by atomic mass is 35.5. The van der Waals surface area contributed by atoms with Crippen LogP contribution in [0.1, 0.15) is 54.2 Å². The number of fused-ring (bicyclic) bond motifs is 1. The molecule has 0 fully saturated rings. The van der Waals surface area contributed by atoms with E-state index in [0.717, 1.165) is 28.1 Å². The van der Waals surface area contributed by atoms with Gasteiger partial charge in [-0.15, -0.1) is 11.8 Å². The number of aromatic nitrogens is 2. The van der Waals surface area contributed by atoms with Gasteiger partial charge in [-0.1, -0.05) is 62.7 Å². The number of halogens is 1. The Labute approximate surface area is 237 Å². The molecule has 1 aliphatic heterocycles. The molecule has 7 nitrogen and oxygen atoms in total. The van der Waals surface area contributed by atoms with Crippen molar-refractivity contribution in [3.05, 3.63) is 100 Å². The van der Waals surface area contributed by atoms with E-state index in [9.17, 15) is 9.59 Å². The van der Waals surface area contributed by atoms with Gasteiger partial charge in [0.05, 0.1) is 35.2 Å². The highest BCUT2D eigenvalue weighted by Crippen LogP contribution is 2.48. The average molecular weight is 563 g/mol. The number of hydrogen-bond donors (Lipinski definition) is 1. The number of nitrogens with zero attached hydrogens (tertiary/aromatic N) is 3. The Morgan fingerprint density at radius 1 is 1.15 bits per heavy atom. The summed E-state index contributed by atoms with van der Waals surface area (Å²) >= 11 is 7.95. The van der Waals surface area contributed by atoms with Crippen LogP contribution >= 0.6 is 23.4 Å². The largest absolute Gasteiger partial charge is 0.467 e. The molecule has 0 unspecified atom stereocenters. The van der Waals surface area contributed by atoms with E-state index in [4.69, 9.17) is 21.1 Å². The van der Waals surface area contributed by atoms with Gasteiger partial charge >= 0.3 is 0 Å². The number of benzene rings is 2. The maximum Gasteiger partial charge on any atom is 0.240 e. The van der Waals surface area contributed by atoms with Crippen LogP contribution in [0.25, 0.3) is 5.69 Å². The van der Waals surface area contributed by atoms with Gasteiger partial charge in [0.25, 0.3) is 0 Å². The van der Waals surface area contributed by atoms with Gasteiger partial charge in [0, 0.05) is 16.0 Å². The molecule has 1 N–H and O–H groups in total. The SMILES string of the molecule is Cc1ccccc1-n1nc(C(C)(C)C)c2c1N(CC(=O)NCc1ccco1)C(=O)CS[C@@H]2c1cccc(Cl)c1. The molecule has 9 heteroatoms. The maximum atomic E-state index is 13.8. The second kappa shape index (κ2) is 10.9. The molecule has 0 bridgehead atoms. The number of furan rings is 1. The smallest absolute Gasteiger partial charge is 0.240 e. The first-order valence-corrected chi connectivity index (χ1v) is 14.2. The van der Waals surface area contributed by atoms with Gasteiger partial charge in [0.15, 0.2) is 0 Å². The Bertz CT molecular complexity index is 1510. The molecule has 0 aliphatic carbocycles. The molecule has 0 saturated carbocycles. The Morgan fingerprint density at radius 2 is 1.95 bits per heavy atom. The van der Waals surface area contributed by atoms with E-state index in [1.54, 1.807) is 23.3 Å². The summed E-state index contributed by atoms with van der Waals surface area (Å²) in [5, 5.41) is 8.45. The molecule has 0 spiro atoms. The van der Waals surface area contributed by atoms with Gasteiger partial charge in [-0.2, -0.15) is 5.10 Å². The first-order valence-electron chi connectivity index (χ1n) is 12.8. The molecule has 1 atom stereocenters. The summed E-state index contributed by atoms with van der Waals surface area (Å²) in [6, 6.07) is 19.2. The quantitative estimate of drug-likeness (QED) is 0.302. The lowest BCUT2D eigenvalue weighted by Gasteiger charge is -2.25. The van der Waals surface area contributed by atoms with Crippen LogP contribution in [0.5, 0.6) is 0 Å². The maximum absolute atomic E-state index is 13.8. The molecule has 2 aromatic carbocycles. The first kappa shape index (κ1) is 27.1. The molecule has 4 aromatic rings. The van der Waals surface area contributed by atoms with Crippen molar-refractivity contribution in [1.82, 2.24) is 15.1 Å². The summed E-state index contributed by atoms with van der Waals surface area (Å²) in [5.74, 6) is 1.01. The van der Waals surface area contributed by atoms with E-state index < -0.39 is 0 Å². The summed E-state index contributed by atoms with van der Waals surface area (Å²) in [7, 11) is 0. The van der Waals surface area contributed by atoms with Crippen molar-refractivity contribution in [2.24, 2.45) is 0 Å². The van der Waals surface area contributed by atoms with Crippen molar-refractivity contribution in [3.8, 4) is 5.69 Å². The van der Waals surface area contributed by atoms with Crippen LogP contribution in [-0.4, -0.2) is 33.9 Å². The van der Waals surface area contributed by atoms with Crippen molar-refractivity contribution >= 4 is 41.0 Å². The van der Waals surface area contributed by atoms with Crippen LogP contribution in [0, 0.1) is 6.92 Å². The molecule has 0 radical (unpaired) electrons. The Balaban J connectivity index is 1.69. The van der Waals surface area contributed by atoms with Crippen LogP contribution in [-0.2, 0) is 21.5 Å². The highest BCUT2D eigenvalue weighted by Gasteiger charge is 2.40. The molecule has 5 rings (SSSR count). The number of nitrogens with one attached hydrogen (secondary N) is 1. The second-order valence-corrected chi connectivity index (χ2v) is 12.1. The fraction of sp³-hybridized carbons (Fsp3) is 0.300. The zero-order valence-electron chi connectivity index (χ0n) is 22.4. The standard InChI is InChI=1S/C30H31ClN4O3S/c1-19-9-5-6-13-23(19)35-29-26(28(33-35)30(2,3)4)27(20-10-7-11-21(31)15-20)39-18-25(37)34(29)17-24(36)32-16-22-12-8-14-38-22/h5-15,27H,16-18H2,1-4H3,(H,32,36)/t27-/m1/s1. The van der Waals surface area contributed by atoms with Crippen molar-refractivity contribution in [3.63, 3.8) is 0 Å². The summed E-state index contributed by atoms with van der Waals surface area (Å²) in [4.78, 5) is 28.5. The fourth-order valence-corrected chi connectivity index (χ4v) is 6.16. The van der Waals surface area contributed by atoms with Crippen molar-refractivity contribution in [2.45, 2.75) is 44.9 Å². The normalized spacial score (nSPS) is 15.7. The molecule has 202 valence electrons. The van der Waals surface area contributed by atoms with Gasteiger partial charge < -0.3 is 9.73 Å². The van der Waals surface area contributed by atoms with E-state index in [0.29, 0.717) is 16.6 Å². The number of hydrogen-bond acceptors (Lipinski definition) is 5. The lowest BCUT2D eigenvalue weighted by Crippen LogP contribution is -2.42. The fourth-order valence-electron chi connectivity index (χ4n) is 4.77. The number of anilines is 1. The second-order valence-electron chi connectivity index (χ2n) is 10.6. The topological polar surface area (TPSA) is 80.4 Å². The molecule has 3 heterocycles. The third-order valence-corrected chi connectivity index (χ3v) is 8.13. The van der Waals surface area contributed by atoms with Crippen molar-refractivity contribution in [2.75, 3.05) is 17.2 Å². The summed E-state index contributed by atoms with van der Waals surface area (Å²) in [6.07, 6.45) is 1.56. The van der Waals surface area contributed by atoms with Crippen molar-refractivity contribution < 1.29 is 14.0 Å². The van der Waals surface area contributed by atoms with E-state index in [-0.39, 0.29) is 41.3 Å². The molecule has 1 aliphatic rings. The van der Waals surface area contributed by atoms with Crippen LogP contribution in [0.4, 0.5) is 5.82 Å². The molecule has 2 amide bonds. The minimum Gasteiger partial charge on any atom is -0.467 e. The Kier molecular flexibility index (Phi) is 7.60. The van der Waals surface area contributed by atoms with Gasteiger partial charge in [0.2, 0.25) is 11.8 Å². The van der Waals surface area contributed by atoms with Crippen LogP contribution < -0.4 is 10.2 Å². The zero-order valence-corrected chi connectivity index (χ0v) is 24.0. The molecule has 39 heavy (non-hydrogen) atoms. The van der Waals surface area contributed by atoms with Crippen LogP contribution in [0.3, 0.4) is 0 Å². The summed E-state index contributed by atoms with van der Waals surface area (Å²) in [6.45, 7) is 8.46. The monoisotopic (exact) mass is 562 g/mol. The molecular formula is C30H31ClN4O3S. The third-order valence-electron chi connectivity index (χ3n) is 6.64. The van der Waals surface area contributed by atoms with Gasteiger partial charge in [-0.25, -0.2) is 4.68 Å². The minimum absolute atomic E-state index is 0.142. The lowest BCUT2D eigenvalue weighted by atomic mass is 9.87. The number of aryl methyl sites for hydroxylation is 1. The minimum atomic E-state index is -0.337. The van der Waals surface area contributed by atoms with E-state index in [2.05, 4.69) is 26.1 Å². The van der Waals surface area contributed by atoms with Gasteiger partial charge in [-0.05, 0) is 48.4 Å². The number of thioether (sulfide) groups is 1. The summed E-state index contributed by atoms with van der Waals surface area (Å²) in [5.41, 5.74) is 4.30. The predicted octanol–water partition coefficient (Wildman–Crippen LogP) is 6.21. The number of carbonyl (C=O) groups excluding carboxylic acids is 2. The van der Waals surface area contributed by atoms with Gasteiger partial charge in [-0.3, -0.25) is 14.5 Å². The summed E-state index contributed by atoms with van der Waals surface area (Å²) < 4.78 is 7.19. The molecule has 2 aromatic heterocycles. The molecule has 0 saturated heterocycles. The van der Waals surface area contributed by atoms with E-state index in [1.807, 2.05) is 60.1 Å². The predicted molar refractivity (Wildman–Crippen MR) is 156 cm³/mol. The third kappa shape index (κ3) is 5.63. The number of rotatable bonds is 6. The highest BCUT2D eigenvalue weighted by molar-refractivity contribution is 8.00. The average Bonchev–Trinajstić information content (AvgIpc) is 3.52. The van der Waals surface area contributed by atoms with E-state index in [1.165, 1.54) is 11.8 Å². The Morgan fingerprint density at radius 3 is 2.64 bits per heavy atom. The molecular weight excluding hydrogens is 532 g/mol. The number of carbonyl (C=O) groups is 2. The lowest BCUT2D eigenvalue weighted by molar-refractivity contribution is -0.123. The first-order chi connectivity index (χ1) is 18.6. The zero-order chi connectivity index (χ0) is 27.7. The van der Waals surface area contributed by atoms with Gasteiger partial charge in [0.1, 0.15) is 18.1 Å². The van der Waals surface area contributed by atoms with Crippen molar-refractivity contribution in [1.29, 1.82) is 0 Å². The number of amides is 2.